The largest absolute Gasteiger partial charge is 0.385 e. The first-order valence-electron chi connectivity index (χ1n) is 8.09. The van der Waals surface area contributed by atoms with Gasteiger partial charge in [0.15, 0.2) is 5.96 Å². The van der Waals surface area contributed by atoms with Crippen molar-refractivity contribution in [2.75, 3.05) is 25.0 Å². The Balaban J connectivity index is 1.69. The molecule has 5 heteroatoms. The first kappa shape index (κ1) is 16.8. The van der Waals surface area contributed by atoms with Gasteiger partial charge in [-0.05, 0) is 37.6 Å². The number of aliphatic imine (C=N–C) groups is 1. The van der Waals surface area contributed by atoms with Crippen LogP contribution in [0, 0.1) is 0 Å². The lowest BCUT2D eigenvalue weighted by atomic mass is 10.3. The van der Waals surface area contributed by atoms with Gasteiger partial charge in [-0.3, -0.25) is 4.98 Å². The molecule has 0 unspecified atom stereocenters. The van der Waals surface area contributed by atoms with Gasteiger partial charge in [0.1, 0.15) is 0 Å². The highest BCUT2D eigenvalue weighted by Crippen LogP contribution is 2.04. The van der Waals surface area contributed by atoms with Crippen molar-refractivity contribution in [1.29, 1.82) is 0 Å². The topological polar surface area (TPSA) is 61.3 Å². The summed E-state index contributed by atoms with van der Waals surface area (Å²) < 4.78 is 0. The highest BCUT2D eigenvalue weighted by molar-refractivity contribution is 5.79. The van der Waals surface area contributed by atoms with Crippen LogP contribution in [0.25, 0.3) is 0 Å². The molecule has 1 aromatic heterocycles. The van der Waals surface area contributed by atoms with Crippen LogP contribution in [0.15, 0.2) is 59.7 Å². The van der Waals surface area contributed by atoms with E-state index >= 15 is 0 Å². The van der Waals surface area contributed by atoms with Gasteiger partial charge in [-0.25, -0.2) is 4.99 Å². The minimum absolute atomic E-state index is 0.582. The number of para-hydroxylation sites is 1. The molecular weight excluding hydrogens is 286 g/mol. The highest BCUT2D eigenvalue weighted by Gasteiger charge is 1.98. The van der Waals surface area contributed by atoms with Gasteiger partial charge in [0, 0.05) is 31.5 Å². The molecule has 122 valence electrons. The van der Waals surface area contributed by atoms with Gasteiger partial charge < -0.3 is 16.0 Å². The number of rotatable bonds is 8. The molecule has 0 amide bonds. The van der Waals surface area contributed by atoms with E-state index in [-0.39, 0.29) is 0 Å². The van der Waals surface area contributed by atoms with E-state index in [9.17, 15) is 0 Å². The lowest BCUT2D eigenvalue weighted by molar-refractivity contribution is 0.763. The maximum absolute atomic E-state index is 4.55. The third kappa shape index (κ3) is 6.82. The van der Waals surface area contributed by atoms with Gasteiger partial charge in [-0.2, -0.15) is 0 Å². The standard InChI is InChI=1S/C18H25N5/c1-2-19-18(23-15-17-11-6-7-12-21-17)22-14-8-13-20-16-9-4-3-5-10-16/h3-7,9-12,20H,2,8,13-15H2,1H3,(H2,19,22,23). The fourth-order valence-electron chi connectivity index (χ4n) is 2.08. The Kier molecular flexibility index (Phi) is 7.46. The summed E-state index contributed by atoms with van der Waals surface area (Å²) in [5.74, 6) is 0.831. The van der Waals surface area contributed by atoms with E-state index in [2.05, 4.69) is 45.0 Å². The molecule has 2 rings (SSSR count). The Morgan fingerprint density at radius 3 is 2.57 bits per heavy atom. The quantitative estimate of drug-likeness (QED) is 0.398. The third-order valence-electron chi connectivity index (χ3n) is 3.22. The lowest BCUT2D eigenvalue weighted by Crippen LogP contribution is -2.38. The van der Waals surface area contributed by atoms with Crippen LogP contribution >= 0.6 is 0 Å². The van der Waals surface area contributed by atoms with Crippen LogP contribution in [0.1, 0.15) is 19.0 Å². The smallest absolute Gasteiger partial charge is 0.191 e. The van der Waals surface area contributed by atoms with E-state index < -0.39 is 0 Å². The maximum atomic E-state index is 4.55. The van der Waals surface area contributed by atoms with E-state index in [1.54, 1.807) is 6.20 Å². The van der Waals surface area contributed by atoms with Crippen molar-refractivity contribution in [1.82, 2.24) is 15.6 Å². The van der Waals surface area contributed by atoms with Gasteiger partial charge in [-0.1, -0.05) is 24.3 Å². The van der Waals surface area contributed by atoms with E-state index in [0.29, 0.717) is 6.54 Å². The van der Waals surface area contributed by atoms with Crippen LogP contribution in [-0.4, -0.2) is 30.6 Å². The molecule has 0 atom stereocenters. The SMILES string of the molecule is CCNC(=NCc1ccccn1)NCCCNc1ccccc1. The second-order valence-corrected chi connectivity index (χ2v) is 5.09. The summed E-state index contributed by atoms with van der Waals surface area (Å²) in [5, 5.41) is 10.00. The van der Waals surface area contributed by atoms with Crippen LogP contribution in [0.5, 0.6) is 0 Å². The highest BCUT2D eigenvalue weighted by atomic mass is 15.2. The van der Waals surface area contributed by atoms with Crippen LogP contribution in [0.4, 0.5) is 5.69 Å². The first-order chi connectivity index (χ1) is 11.4. The predicted molar refractivity (Wildman–Crippen MR) is 96.6 cm³/mol. The summed E-state index contributed by atoms with van der Waals surface area (Å²) in [6.07, 6.45) is 2.81. The summed E-state index contributed by atoms with van der Waals surface area (Å²) in [4.78, 5) is 8.83. The van der Waals surface area contributed by atoms with E-state index in [1.165, 1.54) is 0 Å². The summed E-state index contributed by atoms with van der Waals surface area (Å²) in [5.41, 5.74) is 2.12. The number of nitrogens with zero attached hydrogens (tertiary/aromatic N) is 2. The normalized spacial score (nSPS) is 11.1. The molecule has 1 heterocycles. The number of pyridine rings is 1. The van der Waals surface area contributed by atoms with Crippen LogP contribution in [0.2, 0.25) is 0 Å². The third-order valence-corrected chi connectivity index (χ3v) is 3.22. The van der Waals surface area contributed by atoms with Crippen molar-refractivity contribution in [2.45, 2.75) is 19.9 Å². The van der Waals surface area contributed by atoms with Crippen molar-refractivity contribution in [2.24, 2.45) is 4.99 Å². The van der Waals surface area contributed by atoms with Gasteiger partial charge >= 0.3 is 0 Å². The molecule has 0 bridgehead atoms. The molecule has 0 aliphatic heterocycles. The maximum Gasteiger partial charge on any atom is 0.191 e. The number of hydrogen-bond donors (Lipinski definition) is 3. The Hall–Kier alpha value is -2.56. The summed E-state index contributed by atoms with van der Waals surface area (Å²) in [7, 11) is 0. The van der Waals surface area contributed by atoms with E-state index in [4.69, 9.17) is 0 Å². The molecule has 0 fully saturated rings. The predicted octanol–water partition coefficient (Wildman–Crippen LogP) is 2.64. The fourth-order valence-corrected chi connectivity index (χ4v) is 2.08. The molecule has 2 aromatic rings. The summed E-state index contributed by atoms with van der Waals surface area (Å²) >= 11 is 0. The van der Waals surface area contributed by atoms with Crippen LogP contribution < -0.4 is 16.0 Å². The average Bonchev–Trinajstić information content (AvgIpc) is 2.61. The molecule has 5 nitrogen and oxygen atoms in total. The lowest BCUT2D eigenvalue weighted by Gasteiger charge is -2.11. The van der Waals surface area contributed by atoms with Crippen LogP contribution in [0.3, 0.4) is 0 Å². The van der Waals surface area contributed by atoms with Crippen molar-refractivity contribution in [3.8, 4) is 0 Å². The average molecular weight is 311 g/mol. The Bertz CT molecular complexity index is 568. The molecule has 0 aliphatic rings. The van der Waals surface area contributed by atoms with Crippen molar-refractivity contribution >= 4 is 11.6 Å². The van der Waals surface area contributed by atoms with Gasteiger partial charge in [0.25, 0.3) is 0 Å². The summed E-state index contributed by atoms with van der Waals surface area (Å²) in [6.45, 7) is 5.29. The Morgan fingerprint density at radius 2 is 1.83 bits per heavy atom. The Labute approximate surface area is 138 Å². The number of nitrogens with one attached hydrogen (secondary N) is 3. The van der Waals surface area contributed by atoms with E-state index in [1.807, 2.05) is 36.4 Å². The zero-order chi connectivity index (χ0) is 16.2. The molecular formula is C18H25N5. The van der Waals surface area contributed by atoms with Crippen molar-refractivity contribution in [3.63, 3.8) is 0 Å². The molecule has 23 heavy (non-hydrogen) atoms. The monoisotopic (exact) mass is 311 g/mol. The van der Waals surface area contributed by atoms with E-state index in [0.717, 1.165) is 43.4 Å². The first-order valence-corrected chi connectivity index (χ1v) is 8.09. The van der Waals surface area contributed by atoms with Crippen molar-refractivity contribution < 1.29 is 0 Å². The second-order valence-electron chi connectivity index (χ2n) is 5.09. The molecule has 0 aliphatic carbocycles. The molecule has 1 aromatic carbocycles. The zero-order valence-electron chi connectivity index (χ0n) is 13.6. The van der Waals surface area contributed by atoms with Crippen LogP contribution in [-0.2, 0) is 6.54 Å². The minimum Gasteiger partial charge on any atom is -0.385 e. The molecule has 3 N–H and O–H groups in total. The summed E-state index contributed by atoms with van der Waals surface area (Å²) in [6, 6.07) is 16.1. The molecule has 0 spiro atoms. The molecule has 0 radical (unpaired) electrons. The number of guanidine groups is 1. The van der Waals surface area contributed by atoms with Gasteiger partial charge in [0.05, 0.1) is 12.2 Å². The second kappa shape index (κ2) is 10.2. The minimum atomic E-state index is 0.582. The van der Waals surface area contributed by atoms with Crippen molar-refractivity contribution in [3.05, 3.63) is 60.4 Å². The molecule has 0 saturated carbocycles. The Morgan fingerprint density at radius 1 is 1.00 bits per heavy atom. The number of benzene rings is 1. The fraction of sp³-hybridized carbons (Fsp3) is 0.333. The number of anilines is 1. The van der Waals surface area contributed by atoms with Gasteiger partial charge in [-0.15, -0.1) is 0 Å². The number of aromatic nitrogens is 1. The van der Waals surface area contributed by atoms with Gasteiger partial charge in [0.2, 0.25) is 0 Å². The number of hydrogen-bond acceptors (Lipinski definition) is 3. The zero-order valence-corrected chi connectivity index (χ0v) is 13.6. The molecule has 0 saturated heterocycles.